The summed E-state index contributed by atoms with van der Waals surface area (Å²) in [5.41, 5.74) is 4.47. The molecule has 1 rings (SSSR count). The van der Waals surface area contributed by atoms with Crippen molar-refractivity contribution in [2.24, 2.45) is 0 Å². The van der Waals surface area contributed by atoms with Crippen molar-refractivity contribution in [1.29, 1.82) is 0 Å². The summed E-state index contributed by atoms with van der Waals surface area (Å²) in [7, 11) is -3.90. The normalized spacial score (nSPS) is 11.8. The monoisotopic (exact) mass is 265 g/mol. The highest BCUT2D eigenvalue weighted by atomic mass is 32.2. The minimum atomic E-state index is -3.90. The molecule has 0 saturated heterocycles. The van der Waals surface area contributed by atoms with Gasteiger partial charge in [0, 0.05) is 12.1 Å². The molecule has 0 aliphatic rings. The van der Waals surface area contributed by atoms with Crippen molar-refractivity contribution in [3.8, 4) is 0 Å². The first-order valence-electron chi connectivity index (χ1n) is 4.76. The van der Waals surface area contributed by atoms with E-state index >= 15 is 0 Å². The molecule has 0 saturated carbocycles. The molecule has 1 aromatic carbocycles. The lowest BCUT2D eigenvalue weighted by atomic mass is 10.2. The zero-order valence-electron chi connectivity index (χ0n) is 9.29. The van der Waals surface area contributed by atoms with E-state index in [0.717, 1.165) is 6.07 Å². The molecule has 96 valence electrons. The summed E-state index contributed by atoms with van der Waals surface area (Å²) in [5, 5.41) is 0. The van der Waals surface area contributed by atoms with E-state index < -0.39 is 27.5 Å². The molecule has 0 atom stereocenters. The van der Waals surface area contributed by atoms with Crippen LogP contribution in [0.4, 0.5) is 20.2 Å². The molecule has 5 nitrogen and oxygen atoms in total. The van der Waals surface area contributed by atoms with Gasteiger partial charge in [0.15, 0.2) is 0 Å². The van der Waals surface area contributed by atoms with Crippen molar-refractivity contribution in [3.63, 3.8) is 0 Å². The number of rotatable bonds is 4. The fourth-order valence-corrected chi connectivity index (χ4v) is 2.25. The summed E-state index contributed by atoms with van der Waals surface area (Å²) in [5.74, 6) is -1.98. The van der Waals surface area contributed by atoms with Crippen LogP contribution in [-0.4, -0.2) is 14.5 Å². The van der Waals surface area contributed by atoms with Gasteiger partial charge in [-0.25, -0.2) is 8.78 Å². The molecule has 0 heterocycles. The van der Waals surface area contributed by atoms with Crippen LogP contribution < -0.4 is 15.2 Å². The zero-order valence-corrected chi connectivity index (χ0v) is 10.1. The minimum Gasteiger partial charge on any atom is -0.396 e. The second kappa shape index (κ2) is 4.84. The second-order valence-electron chi connectivity index (χ2n) is 3.73. The lowest BCUT2D eigenvalue weighted by Crippen LogP contribution is -2.35. The van der Waals surface area contributed by atoms with Gasteiger partial charge >= 0.3 is 0 Å². The summed E-state index contributed by atoms with van der Waals surface area (Å²) in [6, 6.07) is 1.04. The Balaban J connectivity index is 3.00. The SMILES string of the molecule is CC(C)NS(=O)(=O)Nc1cc(N)c(F)cc1F. The van der Waals surface area contributed by atoms with E-state index in [0.29, 0.717) is 6.07 Å². The van der Waals surface area contributed by atoms with Gasteiger partial charge < -0.3 is 5.73 Å². The van der Waals surface area contributed by atoms with Crippen molar-refractivity contribution in [2.75, 3.05) is 10.5 Å². The third-order valence-corrected chi connectivity index (χ3v) is 2.99. The van der Waals surface area contributed by atoms with Gasteiger partial charge in [0.05, 0.1) is 11.4 Å². The van der Waals surface area contributed by atoms with E-state index in [2.05, 4.69) is 4.72 Å². The van der Waals surface area contributed by atoms with Crippen molar-refractivity contribution in [2.45, 2.75) is 19.9 Å². The van der Waals surface area contributed by atoms with Crippen LogP contribution >= 0.6 is 0 Å². The number of nitrogens with two attached hydrogens (primary N) is 1. The average Bonchev–Trinajstić information content (AvgIpc) is 2.11. The summed E-state index contributed by atoms with van der Waals surface area (Å²) in [6.45, 7) is 3.21. The van der Waals surface area contributed by atoms with E-state index in [9.17, 15) is 17.2 Å². The maximum atomic E-state index is 13.2. The molecule has 0 amide bonds. The maximum Gasteiger partial charge on any atom is 0.299 e. The Bertz CT molecular complexity index is 517. The average molecular weight is 265 g/mol. The first-order valence-corrected chi connectivity index (χ1v) is 6.24. The van der Waals surface area contributed by atoms with Crippen LogP contribution in [0, 0.1) is 11.6 Å². The molecular weight excluding hydrogens is 252 g/mol. The molecule has 0 fully saturated rings. The van der Waals surface area contributed by atoms with Crippen molar-refractivity contribution in [1.82, 2.24) is 4.72 Å². The van der Waals surface area contributed by atoms with Crippen LogP contribution in [0.5, 0.6) is 0 Å². The summed E-state index contributed by atoms with van der Waals surface area (Å²) >= 11 is 0. The number of nitrogen functional groups attached to an aromatic ring is 1. The fourth-order valence-electron chi connectivity index (χ4n) is 1.13. The van der Waals surface area contributed by atoms with E-state index in [-0.39, 0.29) is 11.7 Å². The maximum absolute atomic E-state index is 13.2. The number of nitrogens with one attached hydrogen (secondary N) is 2. The fraction of sp³-hybridized carbons (Fsp3) is 0.333. The standard InChI is InChI=1S/C9H13F2N3O2S/c1-5(2)13-17(15,16)14-9-4-8(12)6(10)3-7(9)11/h3-5,13-14H,12H2,1-2H3. The van der Waals surface area contributed by atoms with Gasteiger partial charge in [-0.3, -0.25) is 4.72 Å². The molecule has 1 aromatic rings. The van der Waals surface area contributed by atoms with E-state index in [1.807, 2.05) is 4.72 Å². The van der Waals surface area contributed by atoms with E-state index in [4.69, 9.17) is 5.73 Å². The molecule has 0 unspecified atom stereocenters. The van der Waals surface area contributed by atoms with Crippen LogP contribution in [0.3, 0.4) is 0 Å². The number of anilines is 2. The summed E-state index contributed by atoms with van der Waals surface area (Å²) in [6.07, 6.45) is 0. The Labute approximate surface area is 98.2 Å². The summed E-state index contributed by atoms with van der Waals surface area (Å²) < 4.78 is 53.1. The van der Waals surface area contributed by atoms with Crippen molar-refractivity contribution < 1.29 is 17.2 Å². The van der Waals surface area contributed by atoms with E-state index in [1.165, 1.54) is 0 Å². The topological polar surface area (TPSA) is 84.2 Å². The Kier molecular flexibility index (Phi) is 3.89. The smallest absolute Gasteiger partial charge is 0.299 e. The molecule has 0 spiro atoms. The molecular formula is C9H13F2N3O2S. The first-order chi connectivity index (χ1) is 7.71. The highest BCUT2D eigenvalue weighted by Crippen LogP contribution is 2.21. The van der Waals surface area contributed by atoms with Crippen LogP contribution in [-0.2, 0) is 10.2 Å². The molecule has 8 heteroatoms. The zero-order chi connectivity index (χ0) is 13.2. The van der Waals surface area contributed by atoms with Crippen LogP contribution in [0.25, 0.3) is 0 Å². The van der Waals surface area contributed by atoms with Gasteiger partial charge in [0.1, 0.15) is 11.6 Å². The molecule has 17 heavy (non-hydrogen) atoms. The lowest BCUT2D eigenvalue weighted by Gasteiger charge is -2.12. The van der Waals surface area contributed by atoms with Gasteiger partial charge in [0.2, 0.25) is 0 Å². The first kappa shape index (κ1) is 13.7. The number of halogens is 2. The van der Waals surface area contributed by atoms with Gasteiger partial charge in [-0.05, 0) is 19.9 Å². The Hall–Kier alpha value is -1.41. The van der Waals surface area contributed by atoms with Gasteiger partial charge in [-0.1, -0.05) is 0 Å². The Morgan fingerprint density at radius 1 is 1.24 bits per heavy atom. The van der Waals surface area contributed by atoms with Gasteiger partial charge in [-0.2, -0.15) is 13.1 Å². The number of hydrogen-bond donors (Lipinski definition) is 3. The molecule has 0 radical (unpaired) electrons. The predicted molar refractivity (Wildman–Crippen MR) is 61.6 cm³/mol. The van der Waals surface area contributed by atoms with Crippen LogP contribution in [0.1, 0.15) is 13.8 Å². The Morgan fingerprint density at radius 2 is 1.82 bits per heavy atom. The minimum absolute atomic E-state index is 0.339. The largest absolute Gasteiger partial charge is 0.396 e. The highest BCUT2D eigenvalue weighted by molar-refractivity contribution is 7.90. The lowest BCUT2D eigenvalue weighted by molar-refractivity contribution is 0.571. The predicted octanol–water partition coefficient (Wildman–Crippen LogP) is 1.20. The number of benzene rings is 1. The molecule has 4 N–H and O–H groups in total. The van der Waals surface area contributed by atoms with Gasteiger partial charge in [0.25, 0.3) is 10.2 Å². The molecule has 0 aromatic heterocycles. The highest BCUT2D eigenvalue weighted by Gasteiger charge is 2.15. The number of hydrogen-bond acceptors (Lipinski definition) is 3. The second-order valence-corrected chi connectivity index (χ2v) is 5.18. The molecule has 0 bridgehead atoms. The molecule has 0 aliphatic heterocycles. The quantitative estimate of drug-likeness (QED) is 0.715. The Morgan fingerprint density at radius 3 is 2.35 bits per heavy atom. The van der Waals surface area contributed by atoms with Crippen molar-refractivity contribution in [3.05, 3.63) is 23.8 Å². The third kappa shape index (κ3) is 3.82. The summed E-state index contributed by atoms with van der Waals surface area (Å²) in [4.78, 5) is 0. The van der Waals surface area contributed by atoms with Crippen LogP contribution in [0.2, 0.25) is 0 Å². The van der Waals surface area contributed by atoms with Crippen molar-refractivity contribution >= 4 is 21.6 Å². The van der Waals surface area contributed by atoms with E-state index in [1.54, 1.807) is 13.8 Å². The molecule has 0 aliphatic carbocycles. The van der Waals surface area contributed by atoms with Gasteiger partial charge in [-0.15, -0.1) is 0 Å². The third-order valence-electron chi connectivity index (χ3n) is 1.72. The van der Waals surface area contributed by atoms with Crippen LogP contribution in [0.15, 0.2) is 12.1 Å².